The van der Waals surface area contributed by atoms with Gasteiger partial charge in [0, 0.05) is 12.6 Å². The Morgan fingerprint density at radius 2 is 1.56 bits per heavy atom. The molecule has 0 spiro atoms. The lowest BCUT2D eigenvalue weighted by Crippen LogP contribution is -2.39. The summed E-state index contributed by atoms with van der Waals surface area (Å²) in [6.07, 6.45) is 3.73. The van der Waals surface area contributed by atoms with Gasteiger partial charge in [-0.25, -0.2) is 0 Å². The molecule has 1 atom stereocenters. The molecule has 172 valence electrons. The van der Waals surface area contributed by atoms with Crippen molar-refractivity contribution in [3.8, 4) is 5.75 Å². The fourth-order valence-electron chi connectivity index (χ4n) is 4.10. The number of hydrogen-bond donors (Lipinski definition) is 4. The van der Waals surface area contributed by atoms with Crippen LogP contribution in [-0.4, -0.2) is 39.9 Å². The van der Waals surface area contributed by atoms with Crippen LogP contribution in [0.1, 0.15) is 48.8 Å². The summed E-state index contributed by atoms with van der Waals surface area (Å²) in [6.45, 7) is 1.26. The Labute approximate surface area is 188 Å². The van der Waals surface area contributed by atoms with Crippen LogP contribution >= 0.6 is 0 Å². The smallest absolute Gasteiger partial charge is 0.321 e. The minimum atomic E-state index is -1.67. The highest BCUT2D eigenvalue weighted by atomic mass is 16.5. The number of ether oxygens (including phenoxy) is 1. The van der Waals surface area contributed by atoms with Gasteiger partial charge in [-0.1, -0.05) is 36.4 Å². The highest BCUT2D eigenvalue weighted by Crippen LogP contribution is 2.39. The van der Waals surface area contributed by atoms with E-state index in [1.807, 2.05) is 48.5 Å². The standard InChI is InChI=1S/C25H31NO6/c27-17-20-6-4-18(5-7-20)3-1-2-14-32-22-10-8-19(9-11-22)16-26-21-12-13-25(15-21,23(28)29)24(30)31/h4-11,21,26-27H,1-3,12-17H2,(H,28,29)(H,30,31). The van der Waals surface area contributed by atoms with E-state index in [0.29, 0.717) is 19.6 Å². The second-order valence-corrected chi connectivity index (χ2v) is 8.44. The number of carboxylic acid groups (broad SMARTS) is 2. The van der Waals surface area contributed by atoms with Crippen molar-refractivity contribution < 1.29 is 29.6 Å². The first kappa shape index (κ1) is 23.8. The Hall–Kier alpha value is -2.90. The number of aliphatic carboxylic acids is 2. The monoisotopic (exact) mass is 441 g/mol. The molecule has 0 radical (unpaired) electrons. The molecule has 1 aliphatic rings. The Balaban J connectivity index is 1.35. The van der Waals surface area contributed by atoms with Gasteiger partial charge in [0.15, 0.2) is 5.41 Å². The third-order valence-corrected chi connectivity index (χ3v) is 6.19. The highest BCUT2D eigenvalue weighted by Gasteiger charge is 2.51. The largest absolute Gasteiger partial charge is 0.494 e. The van der Waals surface area contributed by atoms with Crippen molar-refractivity contribution in [3.05, 3.63) is 65.2 Å². The van der Waals surface area contributed by atoms with Crippen LogP contribution in [0, 0.1) is 5.41 Å². The lowest BCUT2D eigenvalue weighted by atomic mass is 9.86. The molecule has 0 bridgehead atoms. The average Bonchev–Trinajstić information content (AvgIpc) is 3.25. The Bertz CT molecular complexity index is 880. The number of benzene rings is 2. The first-order valence-electron chi connectivity index (χ1n) is 11.0. The third-order valence-electron chi connectivity index (χ3n) is 6.19. The molecule has 2 aromatic carbocycles. The predicted molar refractivity (Wildman–Crippen MR) is 119 cm³/mol. The molecule has 32 heavy (non-hydrogen) atoms. The molecule has 1 aliphatic carbocycles. The van der Waals surface area contributed by atoms with E-state index in [0.717, 1.165) is 36.1 Å². The number of hydrogen-bond acceptors (Lipinski definition) is 5. The van der Waals surface area contributed by atoms with Crippen LogP contribution in [0.15, 0.2) is 48.5 Å². The van der Waals surface area contributed by atoms with Crippen LogP contribution in [0.25, 0.3) is 0 Å². The minimum Gasteiger partial charge on any atom is -0.494 e. The van der Waals surface area contributed by atoms with Gasteiger partial charge in [0.25, 0.3) is 0 Å². The maximum atomic E-state index is 11.4. The van der Waals surface area contributed by atoms with Crippen molar-refractivity contribution in [2.45, 2.75) is 57.7 Å². The predicted octanol–water partition coefficient (Wildman–Crippen LogP) is 3.38. The SMILES string of the molecule is O=C(O)C1(C(=O)O)CCC(NCc2ccc(OCCCCc3ccc(CO)cc3)cc2)C1. The molecular formula is C25H31NO6. The van der Waals surface area contributed by atoms with Gasteiger partial charge in [-0.2, -0.15) is 0 Å². The summed E-state index contributed by atoms with van der Waals surface area (Å²) in [4.78, 5) is 22.8. The van der Waals surface area contributed by atoms with Gasteiger partial charge in [0.05, 0.1) is 13.2 Å². The summed E-state index contributed by atoms with van der Waals surface area (Å²) in [5.41, 5.74) is 1.54. The highest BCUT2D eigenvalue weighted by molar-refractivity contribution is 5.98. The van der Waals surface area contributed by atoms with Crippen LogP contribution in [-0.2, 0) is 29.2 Å². The van der Waals surface area contributed by atoms with E-state index in [9.17, 15) is 19.8 Å². The first-order valence-corrected chi connectivity index (χ1v) is 11.0. The molecule has 0 aliphatic heterocycles. The van der Waals surface area contributed by atoms with Gasteiger partial charge in [-0.15, -0.1) is 0 Å². The van der Waals surface area contributed by atoms with Crippen molar-refractivity contribution in [3.63, 3.8) is 0 Å². The second-order valence-electron chi connectivity index (χ2n) is 8.44. The molecule has 0 aromatic heterocycles. The molecular weight excluding hydrogens is 410 g/mol. The Morgan fingerprint density at radius 3 is 2.16 bits per heavy atom. The van der Waals surface area contributed by atoms with Crippen molar-refractivity contribution in [1.29, 1.82) is 0 Å². The van der Waals surface area contributed by atoms with Crippen molar-refractivity contribution in [2.75, 3.05) is 6.61 Å². The van der Waals surface area contributed by atoms with E-state index in [-0.39, 0.29) is 25.5 Å². The summed E-state index contributed by atoms with van der Waals surface area (Å²) in [5.74, 6) is -1.71. The second kappa shape index (κ2) is 11.1. The number of aliphatic hydroxyl groups excluding tert-OH is 1. The molecule has 0 amide bonds. The summed E-state index contributed by atoms with van der Waals surface area (Å²) in [5, 5.41) is 31.0. The quantitative estimate of drug-likeness (QED) is 0.295. The zero-order valence-corrected chi connectivity index (χ0v) is 18.1. The van der Waals surface area contributed by atoms with Gasteiger partial charge in [-0.3, -0.25) is 9.59 Å². The number of nitrogens with one attached hydrogen (secondary N) is 1. The molecule has 7 heteroatoms. The molecule has 0 saturated heterocycles. The average molecular weight is 442 g/mol. The van der Waals surface area contributed by atoms with Crippen LogP contribution in [0.2, 0.25) is 0 Å². The lowest BCUT2D eigenvalue weighted by molar-refractivity contribution is -0.164. The number of unbranched alkanes of at least 4 members (excludes halogenated alkanes) is 1. The van der Waals surface area contributed by atoms with Gasteiger partial charge < -0.3 is 25.4 Å². The molecule has 1 fully saturated rings. The summed E-state index contributed by atoms with van der Waals surface area (Å²) < 4.78 is 5.81. The number of aryl methyl sites for hydroxylation is 1. The van der Waals surface area contributed by atoms with Gasteiger partial charge in [-0.05, 0) is 67.3 Å². The molecule has 4 N–H and O–H groups in total. The van der Waals surface area contributed by atoms with Gasteiger partial charge in [0.1, 0.15) is 5.75 Å². The zero-order chi connectivity index (χ0) is 23.0. The fraction of sp³-hybridized carbons (Fsp3) is 0.440. The normalized spacial score (nSPS) is 17.2. The number of carbonyl (C=O) groups is 2. The van der Waals surface area contributed by atoms with Crippen molar-refractivity contribution in [1.82, 2.24) is 5.32 Å². The summed E-state index contributed by atoms with van der Waals surface area (Å²) in [7, 11) is 0. The summed E-state index contributed by atoms with van der Waals surface area (Å²) in [6, 6.07) is 15.6. The molecule has 3 rings (SSSR count). The van der Waals surface area contributed by atoms with Crippen molar-refractivity contribution in [2.24, 2.45) is 5.41 Å². The fourth-order valence-corrected chi connectivity index (χ4v) is 4.10. The molecule has 1 unspecified atom stereocenters. The number of aliphatic hydroxyl groups is 1. The first-order chi connectivity index (χ1) is 15.4. The van der Waals surface area contributed by atoms with E-state index >= 15 is 0 Å². The van der Waals surface area contributed by atoms with Gasteiger partial charge in [0.2, 0.25) is 0 Å². The Kier molecular flexibility index (Phi) is 8.25. The van der Waals surface area contributed by atoms with Crippen molar-refractivity contribution >= 4 is 11.9 Å². The molecule has 7 nitrogen and oxygen atoms in total. The van der Waals surface area contributed by atoms with E-state index in [2.05, 4.69) is 5.32 Å². The topological polar surface area (TPSA) is 116 Å². The van der Waals surface area contributed by atoms with Gasteiger partial charge >= 0.3 is 11.9 Å². The van der Waals surface area contributed by atoms with Crippen LogP contribution < -0.4 is 10.1 Å². The van der Waals surface area contributed by atoms with Crippen LogP contribution in [0.3, 0.4) is 0 Å². The minimum absolute atomic E-state index is 0.0691. The maximum Gasteiger partial charge on any atom is 0.321 e. The maximum absolute atomic E-state index is 11.4. The summed E-state index contributed by atoms with van der Waals surface area (Å²) >= 11 is 0. The molecule has 2 aromatic rings. The van der Waals surface area contributed by atoms with E-state index in [1.165, 1.54) is 5.56 Å². The van der Waals surface area contributed by atoms with Crippen LogP contribution in [0.5, 0.6) is 5.75 Å². The third kappa shape index (κ3) is 6.08. The number of rotatable bonds is 12. The Morgan fingerprint density at radius 1 is 0.938 bits per heavy atom. The van der Waals surface area contributed by atoms with E-state index in [4.69, 9.17) is 9.84 Å². The van der Waals surface area contributed by atoms with E-state index in [1.54, 1.807) is 0 Å². The number of carboxylic acids is 2. The molecule has 1 saturated carbocycles. The lowest BCUT2D eigenvalue weighted by Gasteiger charge is -2.19. The van der Waals surface area contributed by atoms with E-state index < -0.39 is 17.4 Å². The zero-order valence-electron chi connectivity index (χ0n) is 18.1. The van der Waals surface area contributed by atoms with Crippen LogP contribution in [0.4, 0.5) is 0 Å². The molecule has 0 heterocycles.